The average Bonchev–Trinajstić information content (AvgIpc) is 2.89. The molecule has 0 saturated carbocycles. The van der Waals surface area contributed by atoms with E-state index in [1.807, 2.05) is 0 Å². The van der Waals surface area contributed by atoms with Gasteiger partial charge in [0.15, 0.2) is 4.34 Å². The molecule has 1 rings (SSSR count). The molecule has 1 aromatic heterocycles. The van der Waals surface area contributed by atoms with Crippen molar-refractivity contribution in [2.75, 3.05) is 22.8 Å². The minimum absolute atomic E-state index is 0.0284. The summed E-state index contributed by atoms with van der Waals surface area (Å²) < 4.78 is 0.494. The lowest BCUT2D eigenvalue weighted by molar-refractivity contribution is -0.126. The number of hydrogen-bond acceptors (Lipinski definition) is 7. The summed E-state index contributed by atoms with van der Waals surface area (Å²) in [5, 5.41) is 10.2. The fourth-order valence-electron chi connectivity index (χ4n) is 0.807. The number of carbonyl (C=O) groups is 3. The number of hydrogen-bond donors (Lipinski definition) is 3. The molecule has 1 heterocycles. The highest BCUT2D eigenvalue weighted by atomic mass is 35.5. The monoisotopic (exact) mass is 357 g/mol. The molecule has 0 aromatic carbocycles. The Morgan fingerprint density at radius 2 is 1.70 bits per heavy atom. The van der Waals surface area contributed by atoms with Crippen LogP contribution < -0.4 is 16.2 Å². The van der Waals surface area contributed by atoms with Crippen LogP contribution in [0.15, 0.2) is 4.34 Å². The van der Waals surface area contributed by atoms with E-state index < -0.39 is 11.8 Å². The number of thioether (sulfide) groups is 1. The summed E-state index contributed by atoms with van der Waals surface area (Å²) in [5.74, 6) is -1.71. The Labute approximate surface area is 132 Å². The van der Waals surface area contributed by atoms with Gasteiger partial charge < -0.3 is 0 Å². The summed E-state index contributed by atoms with van der Waals surface area (Å²) in [6, 6.07) is 0. The number of amides is 3. The van der Waals surface area contributed by atoms with Crippen LogP contribution in [-0.4, -0.2) is 45.4 Å². The Kier molecular flexibility index (Phi) is 7.59. The lowest BCUT2D eigenvalue weighted by atomic mass is 10.7. The molecular weight excluding hydrogens is 349 g/mol. The maximum absolute atomic E-state index is 11.3. The zero-order valence-electron chi connectivity index (χ0n) is 9.81. The van der Waals surface area contributed by atoms with Crippen molar-refractivity contribution in [3.05, 3.63) is 0 Å². The van der Waals surface area contributed by atoms with Crippen molar-refractivity contribution < 1.29 is 14.4 Å². The second-order valence-electron chi connectivity index (χ2n) is 3.07. The van der Waals surface area contributed by atoms with E-state index in [9.17, 15) is 14.4 Å². The first kappa shape index (κ1) is 17.0. The molecule has 0 spiro atoms. The number of halogens is 2. The van der Waals surface area contributed by atoms with Crippen LogP contribution in [0.25, 0.3) is 0 Å². The Morgan fingerprint density at radius 3 is 2.35 bits per heavy atom. The van der Waals surface area contributed by atoms with Gasteiger partial charge in [-0.05, 0) is 0 Å². The zero-order chi connectivity index (χ0) is 15.0. The third-order valence-corrected chi connectivity index (χ3v) is 4.02. The molecule has 12 heteroatoms. The van der Waals surface area contributed by atoms with E-state index in [1.165, 1.54) is 0 Å². The van der Waals surface area contributed by atoms with Crippen molar-refractivity contribution in [3.63, 3.8) is 0 Å². The number of hydrazine groups is 1. The third kappa shape index (κ3) is 6.37. The summed E-state index contributed by atoms with van der Waals surface area (Å²) >= 11 is 12.8. The van der Waals surface area contributed by atoms with Crippen molar-refractivity contribution in [1.82, 2.24) is 21.0 Å². The van der Waals surface area contributed by atoms with Gasteiger partial charge in [-0.15, -0.1) is 33.4 Å². The maximum atomic E-state index is 11.3. The van der Waals surface area contributed by atoms with Crippen molar-refractivity contribution in [2.24, 2.45) is 0 Å². The molecule has 0 atom stereocenters. The molecule has 0 saturated heterocycles. The van der Waals surface area contributed by atoms with Crippen LogP contribution in [0.2, 0.25) is 0 Å². The molecule has 8 nitrogen and oxygen atoms in total. The summed E-state index contributed by atoms with van der Waals surface area (Å²) in [5.41, 5.74) is 4.30. The second kappa shape index (κ2) is 8.95. The molecule has 20 heavy (non-hydrogen) atoms. The number of nitrogens with zero attached hydrogens (tertiary/aromatic N) is 2. The number of anilines is 1. The van der Waals surface area contributed by atoms with E-state index in [-0.39, 0.29) is 23.4 Å². The van der Waals surface area contributed by atoms with Gasteiger partial charge in [0.25, 0.3) is 5.91 Å². The Morgan fingerprint density at radius 1 is 1.05 bits per heavy atom. The zero-order valence-corrected chi connectivity index (χ0v) is 13.0. The van der Waals surface area contributed by atoms with Crippen LogP contribution in [0.1, 0.15) is 0 Å². The van der Waals surface area contributed by atoms with Crippen LogP contribution in [0.3, 0.4) is 0 Å². The largest absolute Gasteiger partial charge is 0.299 e. The fraction of sp³-hybridized carbons (Fsp3) is 0.375. The Hall–Kier alpha value is -1.10. The summed E-state index contributed by atoms with van der Waals surface area (Å²) in [6.07, 6.45) is 0. The van der Waals surface area contributed by atoms with Crippen LogP contribution in [0.5, 0.6) is 0 Å². The van der Waals surface area contributed by atoms with E-state index in [2.05, 4.69) is 26.4 Å². The van der Waals surface area contributed by atoms with Crippen molar-refractivity contribution >= 4 is 69.2 Å². The topological polar surface area (TPSA) is 113 Å². The van der Waals surface area contributed by atoms with E-state index in [0.29, 0.717) is 9.47 Å². The predicted molar refractivity (Wildman–Crippen MR) is 77.0 cm³/mol. The average molecular weight is 358 g/mol. The number of alkyl halides is 2. The van der Waals surface area contributed by atoms with Crippen molar-refractivity contribution in [3.8, 4) is 0 Å². The SMILES string of the molecule is O=C(CCl)NNC(=O)CSc1nnc(NC(=O)CCl)s1. The third-order valence-electron chi connectivity index (χ3n) is 1.56. The van der Waals surface area contributed by atoms with Gasteiger partial charge in [-0.25, -0.2) is 0 Å². The standard InChI is InChI=1S/C8H9Cl2N5O3S2/c9-1-4(16)11-7-14-15-8(20-7)19-3-6(18)13-12-5(17)2-10/h1-3H2,(H,12,17)(H,13,18)(H,11,14,16). The molecule has 3 amide bonds. The molecular formula is C8H9Cl2N5O3S2. The second-order valence-corrected chi connectivity index (χ2v) is 5.81. The minimum atomic E-state index is -0.507. The van der Waals surface area contributed by atoms with Gasteiger partial charge in [0.1, 0.15) is 11.8 Å². The normalized spacial score (nSPS) is 9.90. The van der Waals surface area contributed by atoms with E-state index in [0.717, 1.165) is 23.1 Å². The highest BCUT2D eigenvalue weighted by Gasteiger charge is 2.10. The lowest BCUT2D eigenvalue weighted by Crippen LogP contribution is -2.43. The molecule has 1 aromatic rings. The van der Waals surface area contributed by atoms with Crippen molar-refractivity contribution in [1.29, 1.82) is 0 Å². The van der Waals surface area contributed by atoms with Gasteiger partial charge in [-0.1, -0.05) is 23.1 Å². The van der Waals surface area contributed by atoms with Gasteiger partial charge in [-0.3, -0.25) is 30.6 Å². The fourth-order valence-corrected chi connectivity index (χ4v) is 2.51. The number of aromatic nitrogens is 2. The minimum Gasteiger partial charge on any atom is -0.299 e. The van der Waals surface area contributed by atoms with Crippen molar-refractivity contribution in [2.45, 2.75) is 4.34 Å². The molecule has 0 unspecified atom stereocenters. The summed E-state index contributed by atoms with van der Waals surface area (Å²) in [4.78, 5) is 33.1. The summed E-state index contributed by atoms with van der Waals surface area (Å²) in [6.45, 7) is 0. The maximum Gasteiger partial charge on any atom is 0.253 e. The van der Waals surface area contributed by atoms with Gasteiger partial charge in [0, 0.05) is 0 Å². The first-order chi connectivity index (χ1) is 9.55. The first-order valence-corrected chi connectivity index (χ1v) is 7.88. The van der Waals surface area contributed by atoms with Gasteiger partial charge >= 0.3 is 0 Å². The molecule has 3 N–H and O–H groups in total. The van der Waals surface area contributed by atoms with Gasteiger partial charge in [0.2, 0.25) is 16.9 Å². The predicted octanol–water partition coefficient (Wildman–Crippen LogP) is 0.194. The molecule has 0 aliphatic rings. The molecule has 0 aliphatic heterocycles. The highest BCUT2D eigenvalue weighted by molar-refractivity contribution is 8.01. The molecule has 0 aliphatic carbocycles. The van der Waals surface area contributed by atoms with Crippen LogP contribution in [0.4, 0.5) is 5.13 Å². The van der Waals surface area contributed by atoms with Crippen LogP contribution in [-0.2, 0) is 14.4 Å². The van der Waals surface area contributed by atoms with E-state index >= 15 is 0 Å². The van der Waals surface area contributed by atoms with Crippen LogP contribution in [0, 0.1) is 0 Å². The molecule has 110 valence electrons. The number of nitrogens with one attached hydrogen (secondary N) is 3. The van der Waals surface area contributed by atoms with Gasteiger partial charge in [0.05, 0.1) is 5.75 Å². The molecule has 0 bridgehead atoms. The quantitative estimate of drug-likeness (QED) is 0.290. The molecule has 0 radical (unpaired) electrons. The number of rotatable bonds is 6. The Balaban J connectivity index is 2.33. The Bertz CT molecular complexity index is 498. The molecule has 0 fully saturated rings. The first-order valence-electron chi connectivity index (χ1n) is 5.01. The van der Waals surface area contributed by atoms with E-state index in [1.54, 1.807) is 0 Å². The van der Waals surface area contributed by atoms with E-state index in [4.69, 9.17) is 23.2 Å². The number of carbonyl (C=O) groups excluding carboxylic acids is 3. The van der Waals surface area contributed by atoms with Crippen LogP contribution >= 0.6 is 46.3 Å². The highest BCUT2D eigenvalue weighted by Crippen LogP contribution is 2.25. The summed E-state index contributed by atoms with van der Waals surface area (Å²) in [7, 11) is 0. The van der Waals surface area contributed by atoms with Gasteiger partial charge in [-0.2, -0.15) is 0 Å². The lowest BCUT2D eigenvalue weighted by Gasteiger charge is -2.03. The smallest absolute Gasteiger partial charge is 0.253 e.